The van der Waals surface area contributed by atoms with Gasteiger partial charge in [-0.2, -0.15) is 0 Å². The summed E-state index contributed by atoms with van der Waals surface area (Å²) in [6, 6.07) is 14.0. The summed E-state index contributed by atoms with van der Waals surface area (Å²) in [6.45, 7) is 7.62. The van der Waals surface area contributed by atoms with Gasteiger partial charge in [0.1, 0.15) is 18.0 Å². The fraction of sp³-hybridized carbons (Fsp3) is 0.208. The second-order valence-corrected chi connectivity index (χ2v) is 6.41. The van der Waals surface area contributed by atoms with Crippen LogP contribution in [0.2, 0.25) is 0 Å². The predicted molar refractivity (Wildman–Crippen MR) is 116 cm³/mol. The fourth-order valence-corrected chi connectivity index (χ4v) is 2.92. The largest absolute Gasteiger partial charge is 0.285 e. The third kappa shape index (κ3) is 4.82. The third-order valence-corrected chi connectivity index (χ3v) is 4.21. The molecule has 0 saturated carbocycles. The maximum Gasteiger partial charge on any atom is 0.285 e. The molecule has 0 atom stereocenters. The Labute approximate surface area is 181 Å². The number of pyridine rings is 1. The first-order chi connectivity index (χ1) is 15.0. The summed E-state index contributed by atoms with van der Waals surface area (Å²) in [5.41, 5.74) is 3.44. The van der Waals surface area contributed by atoms with Crippen molar-refractivity contribution in [3.05, 3.63) is 76.7 Å². The van der Waals surface area contributed by atoms with Crippen molar-refractivity contribution in [1.29, 1.82) is 0 Å². The van der Waals surface area contributed by atoms with Crippen molar-refractivity contribution in [2.75, 3.05) is 6.61 Å². The maximum atomic E-state index is 12.2. The number of carbonyl (C=O) groups is 2. The molecule has 1 aliphatic heterocycles. The zero-order chi connectivity index (χ0) is 22.4. The van der Waals surface area contributed by atoms with Gasteiger partial charge in [0.05, 0.1) is 11.1 Å². The Morgan fingerprint density at radius 3 is 2.19 bits per heavy atom. The Morgan fingerprint density at radius 2 is 1.55 bits per heavy atom. The first-order valence-corrected chi connectivity index (χ1v) is 9.92. The van der Waals surface area contributed by atoms with Gasteiger partial charge in [-0.1, -0.05) is 38.0 Å². The quantitative estimate of drug-likeness (QED) is 0.479. The molecule has 4 rings (SSSR count). The Balaban J connectivity index is 0.00000132. The lowest BCUT2D eigenvalue weighted by Crippen LogP contribution is -2.30. The van der Waals surface area contributed by atoms with Crippen LogP contribution in [0.4, 0.5) is 0 Å². The zero-order valence-electron chi connectivity index (χ0n) is 17.8. The van der Waals surface area contributed by atoms with E-state index in [-0.39, 0.29) is 6.61 Å². The number of nitrogens with zero attached hydrogens (tertiary/aromatic N) is 4. The lowest BCUT2D eigenvalue weighted by atomic mass is 10.1. The molecular formula is C24H22N4O3. The number of rotatable bonds is 3. The van der Waals surface area contributed by atoms with E-state index in [0.29, 0.717) is 28.3 Å². The molecule has 3 aromatic rings. The molecule has 3 heterocycles. The number of amides is 2. The smallest absolute Gasteiger partial charge is 0.266 e. The van der Waals surface area contributed by atoms with Crippen molar-refractivity contribution < 1.29 is 14.4 Å². The van der Waals surface area contributed by atoms with Gasteiger partial charge in [-0.3, -0.25) is 9.59 Å². The predicted octanol–water partition coefficient (Wildman–Crippen LogP) is 3.76. The number of benzene rings is 1. The summed E-state index contributed by atoms with van der Waals surface area (Å²) in [4.78, 5) is 43.1. The number of aryl methyl sites for hydroxylation is 2. The molecule has 7 heteroatoms. The summed E-state index contributed by atoms with van der Waals surface area (Å²) in [6.07, 6.45) is 0. The maximum absolute atomic E-state index is 12.2. The fourth-order valence-electron chi connectivity index (χ4n) is 2.92. The highest BCUT2D eigenvalue weighted by atomic mass is 16.7. The first-order valence-electron chi connectivity index (χ1n) is 9.92. The highest BCUT2D eigenvalue weighted by Crippen LogP contribution is 2.22. The van der Waals surface area contributed by atoms with Crippen LogP contribution in [-0.4, -0.2) is 38.4 Å². The summed E-state index contributed by atoms with van der Waals surface area (Å²) < 4.78 is 0. The Kier molecular flexibility index (Phi) is 6.85. The molecular weight excluding hydrogens is 392 g/mol. The topological polar surface area (TPSA) is 85.3 Å². The van der Waals surface area contributed by atoms with Crippen LogP contribution in [-0.2, 0) is 4.84 Å². The first kappa shape index (κ1) is 21.8. The van der Waals surface area contributed by atoms with Gasteiger partial charge in [0.25, 0.3) is 11.8 Å². The second kappa shape index (κ2) is 9.74. The van der Waals surface area contributed by atoms with Crippen molar-refractivity contribution in [2.24, 2.45) is 0 Å². The van der Waals surface area contributed by atoms with E-state index in [1.807, 2.05) is 45.9 Å². The van der Waals surface area contributed by atoms with Gasteiger partial charge in [0.15, 0.2) is 5.82 Å². The summed E-state index contributed by atoms with van der Waals surface area (Å²) in [5.74, 6) is 5.18. The molecule has 0 unspecified atom stereocenters. The molecule has 0 bridgehead atoms. The Bertz CT molecular complexity index is 1160. The number of hydrogen-bond donors (Lipinski definition) is 0. The van der Waals surface area contributed by atoms with Gasteiger partial charge in [-0.05, 0) is 50.1 Å². The van der Waals surface area contributed by atoms with Crippen molar-refractivity contribution in [2.45, 2.75) is 27.7 Å². The third-order valence-electron chi connectivity index (χ3n) is 4.21. The van der Waals surface area contributed by atoms with E-state index in [1.54, 1.807) is 30.3 Å². The van der Waals surface area contributed by atoms with E-state index >= 15 is 0 Å². The summed E-state index contributed by atoms with van der Waals surface area (Å²) >= 11 is 0. The lowest BCUT2D eigenvalue weighted by molar-refractivity contribution is -0.0782. The van der Waals surface area contributed by atoms with Crippen LogP contribution in [0.25, 0.3) is 11.5 Å². The molecule has 0 N–H and O–H groups in total. The molecule has 0 radical (unpaired) electrons. The van der Waals surface area contributed by atoms with E-state index in [2.05, 4.69) is 26.8 Å². The van der Waals surface area contributed by atoms with Crippen LogP contribution >= 0.6 is 0 Å². The van der Waals surface area contributed by atoms with Gasteiger partial charge < -0.3 is 0 Å². The molecule has 0 spiro atoms. The molecule has 7 nitrogen and oxygen atoms in total. The van der Waals surface area contributed by atoms with Gasteiger partial charge in [-0.15, -0.1) is 5.06 Å². The van der Waals surface area contributed by atoms with Gasteiger partial charge in [0, 0.05) is 11.4 Å². The normalized spacial score (nSPS) is 11.9. The van der Waals surface area contributed by atoms with Crippen molar-refractivity contribution in [1.82, 2.24) is 20.0 Å². The molecule has 156 valence electrons. The van der Waals surface area contributed by atoms with Crippen molar-refractivity contribution in [3.63, 3.8) is 0 Å². The van der Waals surface area contributed by atoms with Crippen LogP contribution in [0.15, 0.2) is 48.5 Å². The van der Waals surface area contributed by atoms with E-state index in [1.165, 1.54) is 0 Å². The minimum atomic E-state index is -0.488. The molecule has 2 amide bonds. The SMILES string of the molecule is CC.Cc1cccc(-c2nc(C)cc(C#CCON3C(=O)c4ccccc4C3=O)n2)n1. The lowest BCUT2D eigenvalue weighted by Gasteiger charge is -2.10. The van der Waals surface area contributed by atoms with Crippen LogP contribution in [0, 0.1) is 25.7 Å². The molecule has 1 aliphatic rings. The second-order valence-electron chi connectivity index (χ2n) is 6.41. The molecule has 0 fully saturated rings. The highest BCUT2D eigenvalue weighted by Gasteiger charge is 2.36. The highest BCUT2D eigenvalue weighted by molar-refractivity contribution is 6.20. The average Bonchev–Trinajstić information content (AvgIpc) is 3.02. The molecule has 0 saturated heterocycles. The zero-order valence-corrected chi connectivity index (χ0v) is 17.8. The number of carbonyl (C=O) groups excluding carboxylic acids is 2. The van der Waals surface area contributed by atoms with E-state index in [9.17, 15) is 9.59 Å². The van der Waals surface area contributed by atoms with Crippen LogP contribution < -0.4 is 0 Å². The van der Waals surface area contributed by atoms with E-state index in [4.69, 9.17) is 4.84 Å². The summed E-state index contributed by atoms with van der Waals surface area (Å²) in [5, 5.41) is 0.743. The van der Waals surface area contributed by atoms with Gasteiger partial charge in [-0.25, -0.2) is 19.8 Å². The van der Waals surface area contributed by atoms with E-state index < -0.39 is 11.8 Å². The standard InChI is InChI=1S/C22H16N4O3.C2H6/c1-14-7-5-11-19(23-14)20-24-15(2)13-16(25-20)8-6-12-29-26-21(27)17-9-3-4-10-18(17)22(26)28;1-2/h3-5,7,9-11,13H,12H2,1-2H3;1-2H3. The van der Waals surface area contributed by atoms with Crippen LogP contribution in [0.1, 0.15) is 51.6 Å². The number of hydroxylamine groups is 2. The number of aromatic nitrogens is 3. The van der Waals surface area contributed by atoms with Crippen LogP contribution in [0.5, 0.6) is 0 Å². The van der Waals surface area contributed by atoms with Gasteiger partial charge in [0.2, 0.25) is 0 Å². The number of imide groups is 1. The molecule has 31 heavy (non-hydrogen) atoms. The van der Waals surface area contributed by atoms with E-state index in [0.717, 1.165) is 16.5 Å². The Morgan fingerprint density at radius 1 is 0.871 bits per heavy atom. The minimum absolute atomic E-state index is 0.132. The molecule has 2 aromatic heterocycles. The number of fused-ring (bicyclic) bond motifs is 1. The van der Waals surface area contributed by atoms with Crippen molar-refractivity contribution in [3.8, 4) is 23.4 Å². The Hall–Kier alpha value is -3.89. The molecule has 1 aromatic carbocycles. The van der Waals surface area contributed by atoms with Gasteiger partial charge >= 0.3 is 0 Å². The van der Waals surface area contributed by atoms with Crippen LogP contribution in [0.3, 0.4) is 0 Å². The van der Waals surface area contributed by atoms with Crippen molar-refractivity contribution >= 4 is 11.8 Å². The minimum Gasteiger partial charge on any atom is -0.266 e. The monoisotopic (exact) mass is 414 g/mol. The number of hydrogen-bond acceptors (Lipinski definition) is 6. The summed E-state index contributed by atoms with van der Waals surface area (Å²) in [7, 11) is 0. The average molecular weight is 414 g/mol. The molecule has 0 aliphatic carbocycles.